The molecule has 1 fully saturated rings. The van der Waals surface area contributed by atoms with Gasteiger partial charge in [-0.25, -0.2) is 0 Å². The number of halogens is 1. The van der Waals surface area contributed by atoms with Crippen molar-refractivity contribution in [2.75, 3.05) is 25.0 Å². The Morgan fingerprint density at radius 3 is 2.21 bits per heavy atom. The van der Waals surface area contributed by atoms with Crippen molar-refractivity contribution < 1.29 is 17.4 Å². The second kappa shape index (κ2) is 13.9. The Labute approximate surface area is 237 Å². The summed E-state index contributed by atoms with van der Waals surface area (Å²) in [7, 11) is -6.48. The van der Waals surface area contributed by atoms with Gasteiger partial charge in [0.15, 0.2) is 8.32 Å². The Bertz CT molecular complexity index is 1060. The van der Waals surface area contributed by atoms with Gasteiger partial charge in [-0.05, 0) is 83.4 Å². The van der Waals surface area contributed by atoms with Gasteiger partial charge in [0.25, 0.3) is 0 Å². The first kappa shape index (κ1) is 34.8. The number of benzene rings is 1. The molecule has 1 aliphatic rings. The van der Waals surface area contributed by atoms with E-state index >= 15 is 0 Å². The van der Waals surface area contributed by atoms with Crippen LogP contribution >= 0.6 is 11.6 Å². The average Bonchev–Trinajstić information content (AvgIpc) is 3.16. The predicted octanol–water partition coefficient (Wildman–Crippen LogP) is 6.32. The van der Waals surface area contributed by atoms with Crippen molar-refractivity contribution in [1.29, 1.82) is 5.26 Å². The maximum atomic E-state index is 11.9. The molecular weight excluding hydrogens is 540 g/mol. The minimum atomic E-state index is -4.35. The van der Waals surface area contributed by atoms with E-state index < -0.39 is 24.7 Å². The quantitative estimate of drug-likeness (QED) is 0.256. The first-order valence-corrected chi connectivity index (χ1v) is 18.1. The molecule has 0 aliphatic carbocycles. The van der Waals surface area contributed by atoms with Gasteiger partial charge in [0.05, 0.1) is 22.7 Å². The van der Waals surface area contributed by atoms with Gasteiger partial charge >= 0.3 is 10.3 Å². The van der Waals surface area contributed by atoms with Crippen LogP contribution in [0.2, 0.25) is 23.2 Å². The summed E-state index contributed by atoms with van der Waals surface area (Å²) in [6.07, 6.45) is 0.200. The van der Waals surface area contributed by atoms with Crippen LogP contribution in [0.5, 0.6) is 0 Å². The highest BCUT2D eigenvalue weighted by molar-refractivity contribution is 7.83. The maximum absolute atomic E-state index is 11.9. The van der Waals surface area contributed by atoms with Crippen LogP contribution in [-0.4, -0.2) is 74.4 Å². The van der Waals surface area contributed by atoms with E-state index in [1.807, 2.05) is 6.07 Å². The van der Waals surface area contributed by atoms with Crippen molar-refractivity contribution in [3.63, 3.8) is 0 Å². The molecule has 1 saturated heterocycles. The van der Waals surface area contributed by atoms with Crippen molar-refractivity contribution in [2.45, 2.75) is 111 Å². The molecule has 1 heterocycles. The lowest BCUT2D eigenvalue weighted by atomic mass is 10.1. The fourth-order valence-electron chi connectivity index (χ4n) is 4.51. The number of rotatable bonds is 9. The van der Waals surface area contributed by atoms with Crippen LogP contribution < -0.4 is 5.32 Å². The molecule has 2 rings (SSSR count). The van der Waals surface area contributed by atoms with Crippen LogP contribution in [0.25, 0.3) is 0 Å². The number of anilines is 1. The maximum Gasteiger partial charge on any atom is 0.336 e. The van der Waals surface area contributed by atoms with Crippen LogP contribution in [0, 0.1) is 18.3 Å². The molecule has 1 aliphatic heterocycles. The van der Waals surface area contributed by atoms with Crippen molar-refractivity contribution in [3.8, 4) is 6.07 Å². The molecular formula is C27H49ClN4O4SSi. The summed E-state index contributed by atoms with van der Waals surface area (Å²) < 4.78 is 41.1. The molecule has 1 aromatic carbocycles. The molecule has 0 aromatic heterocycles. The van der Waals surface area contributed by atoms with E-state index in [4.69, 9.17) is 21.3 Å². The summed E-state index contributed by atoms with van der Waals surface area (Å²) in [4.78, 5) is 2.46. The third-order valence-electron chi connectivity index (χ3n) is 7.68. The lowest BCUT2D eigenvalue weighted by Gasteiger charge is -2.40. The number of hydrogen-bond donors (Lipinski definition) is 2. The number of hydrogen-bond acceptors (Lipinski definition) is 6. The largest absolute Gasteiger partial charge is 0.412 e. The molecule has 0 radical (unpaired) electrons. The Kier molecular flexibility index (Phi) is 12.8. The second-order valence-electron chi connectivity index (χ2n) is 12.0. The molecule has 218 valence electrons. The number of nitriles is 1. The van der Waals surface area contributed by atoms with Crippen LogP contribution in [-0.2, 0) is 14.7 Å². The van der Waals surface area contributed by atoms with Crippen LogP contribution in [0.3, 0.4) is 0 Å². The van der Waals surface area contributed by atoms with Crippen LogP contribution in [0.4, 0.5) is 5.69 Å². The Morgan fingerprint density at radius 1 is 1.26 bits per heavy atom. The molecule has 38 heavy (non-hydrogen) atoms. The normalized spacial score (nSPS) is 19.0. The SMILES string of the molecule is CCN(C(C)C)C(C)C.Cc1c(NC[C@@H]2[C@@H](O[Si](C)(C)C(C)(C)C)CCN2S(=O)(=O)O)ccc(C#N)c1Cl. The van der Waals surface area contributed by atoms with Gasteiger partial charge in [-0.3, -0.25) is 9.45 Å². The minimum absolute atomic E-state index is 0.0201. The van der Waals surface area contributed by atoms with E-state index in [-0.39, 0.29) is 24.2 Å². The lowest BCUT2D eigenvalue weighted by molar-refractivity contribution is 0.151. The monoisotopic (exact) mass is 588 g/mol. The van der Waals surface area contributed by atoms with E-state index in [1.165, 1.54) is 0 Å². The summed E-state index contributed by atoms with van der Waals surface area (Å²) in [6.45, 7) is 25.2. The summed E-state index contributed by atoms with van der Waals surface area (Å²) in [5.74, 6) is 0. The van der Waals surface area contributed by atoms with Gasteiger partial charge in [-0.2, -0.15) is 18.0 Å². The molecule has 0 saturated carbocycles. The molecule has 2 atom stereocenters. The molecule has 1 aromatic rings. The number of nitrogens with zero attached hydrogens (tertiary/aromatic N) is 3. The van der Waals surface area contributed by atoms with Crippen LogP contribution in [0.1, 0.15) is 72.9 Å². The summed E-state index contributed by atoms with van der Waals surface area (Å²) in [6, 6.07) is 6.24. The van der Waals surface area contributed by atoms with Crippen molar-refractivity contribution in [3.05, 3.63) is 28.3 Å². The average molecular weight is 589 g/mol. The van der Waals surface area contributed by atoms with E-state index in [2.05, 4.69) is 78.7 Å². The van der Waals surface area contributed by atoms with Gasteiger partial charge in [0.1, 0.15) is 6.07 Å². The van der Waals surface area contributed by atoms with Crippen molar-refractivity contribution in [2.24, 2.45) is 0 Å². The van der Waals surface area contributed by atoms with E-state index in [1.54, 1.807) is 19.1 Å². The number of nitrogens with one attached hydrogen (secondary N) is 1. The summed E-state index contributed by atoms with van der Waals surface area (Å²) in [5, 5.41) is 12.7. The molecule has 0 amide bonds. The fourth-order valence-corrected chi connectivity index (χ4v) is 7.00. The fraction of sp³-hybridized carbons (Fsp3) is 0.741. The Balaban J connectivity index is 0.000000686. The summed E-state index contributed by atoms with van der Waals surface area (Å²) >= 11 is 6.23. The van der Waals surface area contributed by atoms with Gasteiger partial charge in [0.2, 0.25) is 0 Å². The van der Waals surface area contributed by atoms with Gasteiger partial charge in [-0.1, -0.05) is 39.3 Å². The smallest absolute Gasteiger partial charge is 0.336 e. The zero-order valence-corrected chi connectivity index (χ0v) is 27.7. The zero-order valence-electron chi connectivity index (χ0n) is 25.1. The summed E-state index contributed by atoms with van der Waals surface area (Å²) in [5.41, 5.74) is 1.81. The first-order valence-electron chi connectivity index (χ1n) is 13.4. The topological polar surface area (TPSA) is 106 Å². The zero-order chi connectivity index (χ0) is 29.6. The highest BCUT2D eigenvalue weighted by Gasteiger charge is 2.46. The molecule has 8 nitrogen and oxygen atoms in total. The van der Waals surface area contributed by atoms with E-state index in [0.29, 0.717) is 40.3 Å². The highest BCUT2D eigenvalue weighted by Crippen LogP contribution is 2.39. The standard InChI is InChI=1S/C19H30ClN3O4SSi.C8H19N/c1-13-15(8-7-14(11-21)18(13)20)22-12-16-17(9-10-23(16)28(24,25)26)27-29(5,6)19(2,3)4;1-6-9(7(2)3)8(4)5/h7-8,16-17,22H,9-10,12H2,1-6H3,(H,24,25,26);7-8H,6H2,1-5H3/t16-,17+;/m1./s1. The third kappa shape index (κ3) is 9.19. The minimum Gasteiger partial charge on any atom is -0.412 e. The van der Waals surface area contributed by atoms with Crippen LogP contribution in [0.15, 0.2) is 12.1 Å². The lowest BCUT2D eigenvalue weighted by Crippen LogP contribution is -2.50. The molecule has 0 unspecified atom stereocenters. The molecule has 0 bridgehead atoms. The van der Waals surface area contributed by atoms with Gasteiger partial charge < -0.3 is 9.74 Å². The molecule has 0 spiro atoms. The Morgan fingerprint density at radius 2 is 1.82 bits per heavy atom. The second-order valence-corrected chi connectivity index (χ2v) is 18.5. The predicted molar refractivity (Wildman–Crippen MR) is 161 cm³/mol. The van der Waals surface area contributed by atoms with Crippen molar-refractivity contribution >= 4 is 35.9 Å². The van der Waals surface area contributed by atoms with Gasteiger partial charge in [0, 0.05) is 30.9 Å². The van der Waals surface area contributed by atoms with Gasteiger partial charge in [-0.15, -0.1) is 0 Å². The molecule has 2 N–H and O–H groups in total. The molecule has 11 heteroatoms. The van der Waals surface area contributed by atoms with Crippen molar-refractivity contribution in [1.82, 2.24) is 9.21 Å². The first-order chi connectivity index (χ1) is 17.3. The highest BCUT2D eigenvalue weighted by atomic mass is 35.5. The van der Waals surface area contributed by atoms with E-state index in [9.17, 15) is 13.0 Å². The van der Waals surface area contributed by atoms with E-state index in [0.717, 1.165) is 10.8 Å². The Hall–Kier alpha value is -1.19. The third-order valence-corrected chi connectivity index (χ3v) is 13.7.